The van der Waals surface area contributed by atoms with E-state index in [2.05, 4.69) is 9.99 Å². The number of rotatable bonds is 4. The largest absolute Gasteiger partial charge is 0.486 e. The maximum atomic E-state index is 11.1. The van der Waals surface area contributed by atoms with Gasteiger partial charge in [0, 0.05) is 12.0 Å². The Morgan fingerprint density at radius 3 is 2.94 bits per heavy atom. The lowest BCUT2D eigenvalue weighted by Crippen LogP contribution is -2.15. The van der Waals surface area contributed by atoms with Gasteiger partial charge in [0.1, 0.15) is 13.2 Å². The number of fused-ring (bicyclic) bond motifs is 1. The van der Waals surface area contributed by atoms with E-state index >= 15 is 0 Å². The van der Waals surface area contributed by atoms with Crippen molar-refractivity contribution in [2.45, 2.75) is 19.8 Å². The van der Waals surface area contributed by atoms with Gasteiger partial charge in [-0.2, -0.15) is 0 Å². The monoisotopic (exact) mass is 249 g/mol. The van der Waals surface area contributed by atoms with Gasteiger partial charge < -0.3 is 14.3 Å². The normalized spacial score (nSPS) is 13.6. The van der Waals surface area contributed by atoms with Gasteiger partial charge in [-0.3, -0.25) is 0 Å². The zero-order valence-corrected chi connectivity index (χ0v) is 10.2. The number of oxime groups is 1. The number of carbonyl (C=O) groups excluding carboxylic acids is 1. The van der Waals surface area contributed by atoms with Gasteiger partial charge in [0.25, 0.3) is 0 Å². The van der Waals surface area contributed by atoms with Crippen molar-refractivity contribution >= 4 is 12.2 Å². The van der Waals surface area contributed by atoms with E-state index < -0.39 is 0 Å². The summed E-state index contributed by atoms with van der Waals surface area (Å²) in [5.74, 6) is 1.08. The van der Waals surface area contributed by atoms with Crippen molar-refractivity contribution < 1.29 is 19.1 Å². The van der Waals surface area contributed by atoms with Crippen LogP contribution in [0, 0.1) is 0 Å². The third-order valence-corrected chi connectivity index (χ3v) is 2.38. The van der Waals surface area contributed by atoms with Gasteiger partial charge in [0.05, 0.1) is 6.21 Å². The molecule has 0 amide bonds. The van der Waals surface area contributed by atoms with E-state index in [1.807, 2.05) is 19.1 Å². The van der Waals surface area contributed by atoms with E-state index in [0.717, 1.165) is 17.7 Å². The Morgan fingerprint density at radius 2 is 2.17 bits per heavy atom. The van der Waals surface area contributed by atoms with Crippen molar-refractivity contribution in [1.29, 1.82) is 0 Å². The van der Waals surface area contributed by atoms with Crippen LogP contribution in [0.4, 0.5) is 0 Å². The molecule has 1 aliphatic heterocycles. The minimum atomic E-state index is -0.328. The van der Waals surface area contributed by atoms with Crippen LogP contribution in [0.5, 0.6) is 11.5 Å². The van der Waals surface area contributed by atoms with Crippen LogP contribution in [0.1, 0.15) is 25.3 Å². The summed E-state index contributed by atoms with van der Waals surface area (Å²) in [4.78, 5) is 15.8. The predicted molar refractivity (Wildman–Crippen MR) is 66.0 cm³/mol. The first-order valence-corrected chi connectivity index (χ1v) is 5.92. The van der Waals surface area contributed by atoms with Crippen molar-refractivity contribution in [2.75, 3.05) is 13.2 Å². The molecule has 0 saturated heterocycles. The molecule has 1 aromatic carbocycles. The Balaban J connectivity index is 1.97. The molecule has 18 heavy (non-hydrogen) atoms. The van der Waals surface area contributed by atoms with Gasteiger partial charge in [-0.15, -0.1) is 0 Å². The highest BCUT2D eigenvalue weighted by Gasteiger charge is 2.10. The van der Waals surface area contributed by atoms with Crippen molar-refractivity contribution in [2.24, 2.45) is 5.16 Å². The summed E-state index contributed by atoms with van der Waals surface area (Å²) in [6, 6.07) is 5.43. The Labute approximate surface area is 105 Å². The van der Waals surface area contributed by atoms with Crippen LogP contribution in [-0.4, -0.2) is 25.4 Å². The lowest BCUT2D eigenvalue weighted by Gasteiger charge is -2.18. The molecule has 5 nitrogen and oxygen atoms in total. The molecule has 0 aromatic heterocycles. The lowest BCUT2D eigenvalue weighted by atomic mass is 10.2. The minimum absolute atomic E-state index is 0.328. The second-order valence-electron chi connectivity index (χ2n) is 3.85. The molecule has 1 heterocycles. The highest BCUT2D eigenvalue weighted by atomic mass is 16.7. The Kier molecular flexibility index (Phi) is 4.17. The third kappa shape index (κ3) is 3.23. The second kappa shape index (κ2) is 6.05. The molecule has 1 aliphatic rings. The van der Waals surface area contributed by atoms with E-state index in [-0.39, 0.29) is 5.97 Å². The molecule has 0 spiro atoms. The summed E-state index contributed by atoms with van der Waals surface area (Å²) in [5, 5.41) is 3.64. The van der Waals surface area contributed by atoms with Crippen LogP contribution in [0.2, 0.25) is 0 Å². The van der Waals surface area contributed by atoms with E-state index in [1.54, 1.807) is 6.07 Å². The van der Waals surface area contributed by atoms with Crippen molar-refractivity contribution in [3.8, 4) is 11.5 Å². The van der Waals surface area contributed by atoms with E-state index in [0.29, 0.717) is 25.4 Å². The fourth-order valence-corrected chi connectivity index (χ4v) is 1.54. The molecule has 1 aromatic rings. The molecule has 0 bridgehead atoms. The van der Waals surface area contributed by atoms with Crippen LogP contribution < -0.4 is 9.47 Å². The zero-order valence-electron chi connectivity index (χ0n) is 10.2. The number of ether oxygens (including phenoxy) is 2. The average Bonchev–Trinajstić information content (AvgIpc) is 2.39. The molecule has 0 N–H and O–H groups in total. The van der Waals surface area contributed by atoms with Crippen LogP contribution in [-0.2, 0) is 9.63 Å². The molecule has 2 rings (SSSR count). The van der Waals surface area contributed by atoms with Gasteiger partial charge in [-0.05, 0) is 24.6 Å². The molecule has 0 saturated carbocycles. The Morgan fingerprint density at radius 1 is 1.39 bits per heavy atom. The zero-order chi connectivity index (χ0) is 12.8. The molecule has 5 heteroatoms. The second-order valence-corrected chi connectivity index (χ2v) is 3.85. The average molecular weight is 249 g/mol. The van der Waals surface area contributed by atoms with Crippen LogP contribution >= 0.6 is 0 Å². The molecule has 96 valence electrons. The number of benzene rings is 1. The van der Waals surface area contributed by atoms with E-state index in [4.69, 9.17) is 9.47 Å². The molecular formula is C13H15NO4. The van der Waals surface area contributed by atoms with Crippen LogP contribution in [0.25, 0.3) is 0 Å². The Bertz CT molecular complexity index is 456. The standard InChI is InChI=1S/C13H15NO4/c1-2-3-13(15)18-14-9-10-4-5-11-12(8-10)17-7-6-16-11/h4-5,8-9H,2-3,6-7H2,1H3. The highest BCUT2D eigenvalue weighted by Crippen LogP contribution is 2.30. The van der Waals surface area contributed by atoms with Crippen molar-refractivity contribution in [3.05, 3.63) is 23.8 Å². The van der Waals surface area contributed by atoms with Crippen molar-refractivity contribution in [1.82, 2.24) is 0 Å². The lowest BCUT2D eigenvalue weighted by molar-refractivity contribution is -0.143. The van der Waals surface area contributed by atoms with Gasteiger partial charge in [-0.1, -0.05) is 12.1 Å². The summed E-state index contributed by atoms with van der Waals surface area (Å²) in [7, 11) is 0. The quantitative estimate of drug-likeness (QED) is 0.466. The summed E-state index contributed by atoms with van der Waals surface area (Å²) < 4.78 is 10.8. The summed E-state index contributed by atoms with van der Waals surface area (Å²) >= 11 is 0. The Hall–Kier alpha value is -2.04. The summed E-state index contributed by atoms with van der Waals surface area (Å²) in [6.07, 6.45) is 2.60. The summed E-state index contributed by atoms with van der Waals surface area (Å²) in [6.45, 7) is 3.01. The number of nitrogens with zero attached hydrogens (tertiary/aromatic N) is 1. The van der Waals surface area contributed by atoms with Crippen LogP contribution in [0.15, 0.2) is 23.4 Å². The maximum Gasteiger partial charge on any atom is 0.335 e. The first-order valence-electron chi connectivity index (χ1n) is 5.92. The molecular weight excluding hydrogens is 234 g/mol. The number of carbonyl (C=O) groups is 1. The van der Waals surface area contributed by atoms with Crippen LogP contribution in [0.3, 0.4) is 0 Å². The van der Waals surface area contributed by atoms with Gasteiger partial charge >= 0.3 is 5.97 Å². The highest BCUT2D eigenvalue weighted by molar-refractivity contribution is 5.81. The van der Waals surface area contributed by atoms with E-state index in [1.165, 1.54) is 6.21 Å². The smallest absolute Gasteiger partial charge is 0.335 e. The third-order valence-electron chi connectivity index (χ3n) is 2.38. The maximum absolute atomic E-state index is 11.1. The van der Waals surface area contributed by atoms with Gasteiger partial charge in [0.2, 0.25) is 0 Å². The van der Waals surface area contributed by atoms with Crippen molar-refractivity contribution in [3.63, 3.8) is 0 Å². The number of hydrogen-bond acceptors (Lipinski definition) is 5. The molecule has 0 atom stereocenters. The molecule has 0 radical (unpaired) electrons. The first kappa shape index (κ1) is 12.4. The topological polar surface area (TPSA) is 57.1 Å². The molecule has 0 unspecified atom stereocenters. The van der Waals surface area contributed by atoms with Gasteiger partial charge in [0.15, 0.2) is 11.5 Å². The molecule has 0 fully saturated rings. The summed E-state index contributed by atoms with van der Waals surface area (Å²) in [5.41, 5.74) is 0.795. The fourth-order valence-electron chi connectivity index (χ4n) is 1.54. The minimum Gasteiger partial charge on any atom is -0.486 e. The van der Waals surface area contributed by atoms with E-state index in [9.17, 15) is 4.79 Å². The van der Waals surface area contributed by atoms with Gasteiger partial charge in [-0.25, -0.2) is 4.79 Å². The predicted octanol–water partition coefficient (Wildman–Crippen LogP) is 2.13. The first-order chi connectivity index (χ1) is 8.79. The molecule has 0 aliphatic carbocycles. The SMILES string of the molecule is CCCC(=O)ON=Cc1ccc2c(c1)OCCO2. The fraction of sp³-hybridized carbons (Fsp3) is 0.385. The number of hydrogen-bond donors (Lipinski definition) is 0.